The molecule has 0 bridgehead atoms. The molecule has 24 heavy (non-hydrogen) atoms. The van der Waals surface area contributed by atoms with Crippen molar-refractivity contribution in [2.45, 2.75) is 6.10 Å². The largest absolute Gasteiger partial charge is 0.479 e. The van der Waals surface area contributed by atoms with E-state index in [1.807, 2.05) is 6.07 Å². The predicted octanol–water partition coefficient (Wildman–Crippen LogP) is 1.67. The summed E-state index contributed by atoms with van der Waals surface area (Å²) in [7, 11) is 1.72. The van der Waals surface area contributed by atoms with Gasteiger partial charge in [0.05, 0.1) is 23.7 Å². The topological polar surface area (TPSA) is 84.7 Å². The van der Waals surface area contributed by atoms with Crippen LogP contribution in [0.2, 0.25) is 5.02 Å². The lowest BCUT2D eigenvalue weighted by atomic mass is 10.1. The van der Waals surface area contributed by atoms with E-state index < -0.39 is 12.1 Å². The van der Waals surface area contributed by atoms with Crippen LogP contribution in [0.15, 0.2) is 30.5 Å². The Bertz CT molecular complexity index is 789. The van der Waals surface area contributed by atoms with Crippen LogP contribution in [0, 0.1) is 0 Å². The second-order valence-electron chi connectivity index (χ2n) is 5.49. The summed E-state index contributed by atoms with van der Waals surface area (Å²) >= 11 is 6.22. The number of nitrogens with zero attached hydrogens (tertiary/aromatic N) is 3. The summed E-state index contributed by atoms with van der Waals surface area (Å²) in [5, 5.41) is 13.9. The van der Waals surface area contributed by atoms with Crippen LogP contribution in [0.3, 0.4) is 0 Å². The maximum atomic E-state index is 12.9. The molecule has 1 N–H and O–H groups in total. The fraction of sp³-hybridized carbons (Fsp3) is 0.312. The van der Waals surface area contributed by atoms with Crippen LogP contribution >= 0.6 is 11.6 Å². The van der Waals surface area contributed by atoms with Gasteiger partial charge in [-0.1, -0.05) is 29.8 Å². The summed E-state index contributed by atoms with van der Waals surface area (Å²) < 4.78 is 6.70. The number of benzene rings is 1. The number of carbonyl (C=O) groups is 2. The van der Waals surface area contributed by atoms with Crippen molar-refractivity contribution in [1.82, 2.24) is 14.7 Å². The van der Waals surface area contributed by atoms with Crippen LogP contribution in [0.4, 0.5) is 0 Å². The summed E-state index contributed by atoms with van der Waals surface area (Å²) in [5.41, 5.74) is 1.52. The monoisotopic (exact) mass is 349 g/mol. The fourth-order valence-corrected chi connectivity index (χ4v) is 2.88. The number of aromatic nitrogens is 2. The minimum Gasteiger partial charge on any atom is -0.479 e. The van der Waals surface area contributed by atoms with E-state index in [1.165, 1.54) is 4.90 Å². The van der Waals surface area contributed by atoms with Crippen LogP contribution in [0.1, 0.15) is 10.4 Å². The molecule has 126 valence electrons. The lowest BCUT2D eigenvalue weighted by Crippen LogP contribution is -2.48. The average molecular weight is 350 g/mol. The van der Waals surface area contributed by atoms with E-state index in [2.05, 4.69) is 5.10 Å². The van der Waals surface area contributed by atoms with Crippen molar-refractivity contribution < 1.29 is 19.4 Å². The fourth-order valence-electron chi connectivity index (χ4n) is 2.65. The summed E-state index contributed by atoms with van der Waals surface area (Å²) in [4.78, 5) is 25.4. The number of carboxylic acid groups (broad SMARTS) is 1. The quantitative estimate of drug-likeness (QED) is 0.911. The Labute approximate surface area is 143 Å². The number of aliphatic carboxylic acids is 1. The maximum absolute atomic E-state index is 12.9. The number of rotatable bonds is 3. The molecule has 1 saturated heterocycles. The molecule has 3 rings (SSSR count). The number of ether oxygens (including phenoxy) is 1. The molecule has 1 aromatic heterocycles. The normalized spacial score (nSPS) is 17.8. The van der Waals surface area contributed by atoms with Gasteiger partial charge in [0.25, 0.3) is 5.91 Å². The van der Waals surface area contributed by atoms with Crippen molar-refractivity contribution in [2.24, 2.45) is 7.05 Å². The Hall–Kier alpha value is -2.38. The van der Waals surface area contributed by atoms with E-state index in [4.69, 9.17) is 21.4 Å². The molecular weight excluding hydrogens is 334 g/mol. The van der Waals surface area contributed by atoms with Crippen LogP contribution in [0.5, 0.6) is 0 Å². The van der Waals surface area contributed by atoms with Crippen LogP contribution in [-0.4, -0.2) is 57.5 Å². The van der Waals surface area contributed by atoms with Crippen molar-refractivity contribution >= 4 is 23.5 Å². The molecule has 0 unspecified atom stereocenters. The van der Waals surface area contributed by atoms with Gasteiger partial charge in [0.1, 0.15) is 5.69 Å². The number of hydrogen-bond donors (Lipinski definition) is 1. The molecule has 1 aliphatic rings. The molecule has 0 saturated carbocycles. The molecule has 1 aliphatic heterocycles. The van der Waals surface area contributed by atoms with Gasteiger partial charge in [-0.15, -0.1) is 0 Å². The van der Waals surface area contributed by atoms with Crippen LogP contribution < -0.4 is 0 Å². The summed E-state index contributed by atoms with van der Waals surface area (Å²) in [6, 6.07) is 7.14. The molecular formula is C16H16ClN3O4. The Morgan fingerprint density at radius 2 is 2.12 bits per heavy atom. The van der Waals surface area contributed by atoms with E-state index in [0.717, 1.165) is 0 Å². The van der Waals surface area contributed by atoms with E-state index in [1.54, 1.807) is 36.1 Å². The first kappa shape index (κ1) is 16.5. The number of halogens is 1. The van der Waals surface area contributed by atoms with E-state index >= 15 is 0 Å². The highest BCUT2D eigenvalue weighted by Gasteiger charge is 2.31. The molecule has 8 heteroatoms. The Balaban J connectivity index is 1.94. The average Bonchev–Trinajstić information content (AvgIpc) is 2.96. The highest BCUT2D eigenvalue weighted by molar-refractivity contribution is 6.33. The number of aryl methyl sites for hydroxylation is 1. The van der Waals surface area contributed by atoms with Gasteiger partial charge in [-0.25, -0.2) is 4.79 Å². The molecule has 1 fully saturated rings. The molecule has 1 atom stereocenters. The lowest BCUT2D eigenvalue weighted by molar-refractivity contribution is -0.154. The van der Waals surface area contributed by atoms with Gasteiger partial charge in [-0.2, -0.15) is 5.10 Å². The van der Waals surface area contributed by atoms with Crippen molar-refractivity contribution in [3.8, 4) is 11.3 Å². The number of hydrogen-bond acceptors (Lipinski definition) is 4. The molecule has 0 spiro atoms. The van der Waals surface area contributed by atoms with E-state index in [-0.39, 0.29) is 19.1 Å². The van der Waals surface area contributed by atoms with Crippen molar-refractivity contribution in [3.63, 3.8) is 0 Å². The number of morpholine rings is 1. The molecule has 1 aromatic carbocycles. The van der Waals surface area contributed by atoms with Gasteiger partial charge in [-0.05, 0) is 6.07 Å². The lowest BCUT2D eigenvalue weighted by Gasteiger charge is -2.30. The van der Waals surface area contributed by atoms with Gasteiger partial charge < -0.3 is 14.7 Å². The third-order valence-electron chi connectivity index (χ3n) is 3.82. The van der Waals surface area contributed by atoms with Gasteiger partial charge in [-0.3, -0.25) is 9.48 Å². The first-order valence-electron chi connectivity index (χ1n) is 7.39. The molecule has 0 aliphatic carbocycles. The standard InChI is InChI=1S/C16H16ClN3O4/c1-19-8-11(14(18-19)10-4-2-3-5-12(10)17)15(21)20-6-7-24-13(9-20)16(22)23/h2-5,8,13H,6-7,9H2,1H3,(H,22,23)/t13-/m0/s1. The molecule has 7 nitrogen and oxygen atoms in total. The van der Waals surface area contributed by atoms with Gasteiger partial charge >= 0.3 is 5.97 Å². The second-order valence-corrected chi connectivity index (χ2v) is 5.90. The van der Waals surface area contributed by atoms with E-state index in [9.17, 15) is 9.59 Å². The first-order valence-corrected chi connectivity index (χ1v) is 7.77. The van der Waals surface area contributed by atoms with Gasteiger partial charge in [0.15, 0.2) is 6.10 Å². The van der Waals surface area contributed by atoms with Gasteiger partial charge in [0.2, 0.25) is 0 Å². The highest BCUT2D eigenvalue weighted by Crippen LogP contribution is 2.29. The Morgan fingerprint density at radius 1 is 1.38 bits per heavy atom. The number of carboxylic acids is 1. The van der Waals surface area contributed by atoms with Crippen LogP contribution in [0.25, 0.3) is 11.3 Å². The summed E-state index contributed by atoms with van der Waals surface area (Å²) in [6.45, 7) is 0.523. The summed E-state index contributed by atoms with van der Waals surface area (Å²) in [6.07, 6.45) is 0.606. The van der Waals surface area contributed by atoms with E-state index in [0.29, 0.717) is 28.4 Å². The predicted molar refractivity (Wildman–Crippen MR) is 86.9 cm³/mol. The Morgan fingerprint density at radius 3 is 2.83 bits per heavy atom. The third-order valence-corrected chi connectivity index (χ3v) is 4.15. The minimum atomic E-state index is -1.08. The third kappa shape index (κ3) is 3.13. The minimum absolute atomic E-state index is 0.00498. The van der Waals surface area contributed by atoms with Crippen LogP contribution in [-0.2, 0) is 16.6 Å². The zero-order chi connectivity index (χ0) is 17.3. The van der Waals surface area contributed by atoms with Crippen molar-refractivity contribution in [2.75, 3.05) is 19.7 Å². The van der Waals surface area contributed by atoms with Gasteiger partial charge in [0, 0.05) is 25.4 Å². The first-order chi connectivity index (χ1) is 11.5. The number of amides is 1. The summed E-state index contributed by atoms with van der Waals surface area (Å²) in [5.74, 6) is -1.36. The SMILES string of the molecule is Cn1cc(C(=O)N2CCO[C@H](C(=O)O)C2)c(-c2ccccc2Cl)n1. The molecule has 0 radical (unpaired) electrons. The maximum Gasteiger partial charge on any atom is 0.334 e. The zero-order valence-electron chi connectivity index (χ0n) is 13.0. The second kappa shape index (κ2) is 6.62. The molecule has 1 amide bonds. The van der Waals surface area contributed by atoms with Crippen molar-refractivity contribution in [3.05, 3.63) is 41.0 Å². The zero-order valence-corrected chi connectivity index (χ0v) is 13.7. The molecule has 2 aromatic rings. The smallest absolute Gasteiger partial charge is 0.334 e. The Kier molecular flexibility index (Phi) is 4.55. The number of carbonyl (C=O) groups excluding carboxylic acids is 1. The van der Waals surface area contributed by atoms with Crippen molar-refractivity contribution in [1.29, 1.82) is 0 Å². The molecule has 2 heterocycles. The highest BCUT2D eigenvalue weighted by atomic mass is 35.5.